The van der Waals surface area contributed by atoms with Crippen LogP contribution in [0.5, 0.6) is 0 Å². The fourth-order valence-corrected chi connectivity index (χ4v) is 3.57. The molecule has 2 aliphatic carbocycles. The van der Waals surface area contributed by atoms with Crippen molar-refractivity contribution < 1.29 is 5.11 Å². The van der Waals surface area contributed by atoms with Gasteiger partial charge in [-0.3, -0.25) is 0 Å². The first-order chi connectivity index (χ1) is 7.72. The van der Waals surface area contributed by atoms with Gasteiger partial charge in [-0.25, -0.2) is 4.98 Å². The van der Waals surface area contributed by atoms with Crippen LogP contribution in [0.15, 0.2) is 0 Å². The summed E-state index contributed by atoms with van der Waals surface area (Å²) in [6.45, 7) is 2.41. The Morgan fingerprint density at radius 1 is 1.50 bits per heavy atom. The molecule has 1 unspecified atom stereocenters. The van der Waals surface area contributed by atoms with E-state index < -0.39 is 0 Å². The third kappa shape index (κ3) is 1.79. The maximum Gasteiger partial charge on any atom is 0.110 e. The Labute approximate surface area is 99.9 Å². The number of aliphatic hydroxyl groups excluding tert-OH is 1. The van der Waals surface area contributed by atoms with Crippen LogP contribution < -0.4 is 5.32 Å². The van der Waals surface area contributed by atoms with Gasteiger partial charge in [0, 0.05) is 10.4 Å². The molecular formula is C12H18N2OS. The van der Waals surface area contributed by atoms with E-state index >= 15 is 0 Å². The number of aryl methyl sites for hydroxylation is 2. The van der Waals surface area contributed by atoms with Crippen molar-refractivity contribution in [2.45, 2.75) is 50.6 Å². The molecule has 1 saturated carbocycles. The molecule has 0 aliphatic heterocycles. The molecule has 16 heavy (non-hydrogen) atoms. The molecule has 0 bridgehead atoms. The third-order valence-electron chi connectivity index (χ3n) is 3.66. The molecule has 2 N–H and O–H groups in total. The lowest BCUT2D eigenvalue weighted by Crippen LogP contribution is -2.36. The van der Waals surface area contributed by atoms with Gasteiger partial charge in [-0.15, -0.1) is 11.3 Å². The summed E-state index contributed by atoms with van der Waals surface area (Å²) in [5, 5.41) is 14.0. The summed E-state index contributed by atoms with van der Waals surface area (Å²) in [4.78, 5) is 6.20. The van der Waals surface area contributed by atoms with Gasteiger partial charge in [-0.1, -0.05) is 0 Å². The predicted molar refractivity (Wildman–Crippen MR) is 64.7 cm³/mol. The average Bonchev–Trinajstić information content (AvgIpc) is 2.72. The third-order valence-corrected chi connectivity index (χ3v) is 5.00. The van der Waals surface area contributed by atoms with Crippen LogP contribution >= 0.6 is 11.3 Å². The number of thiazole rings is 1. The SMILES string of the molecule is CC(NC1(CO)CC1)c1nc2c(s1)CCC2. The summed E-state index contributed by atoms with van der Waals surface area (Å²) in [6, 6.07) is 0.283. The Morgan fingerprint density at radius 3 is 2.94 bits per heavy atom. The van der Waals surface area contributed by atoms with Crippen molar-refractivity contribution in [2.75, 3.05) is 6.61 Å². The van der Waals surface area contributed by atoms with E-state index in [9.17, 15) is 5.11 Å². The maximum absolute atomic E-state index is 9.29. The van der Waals surface area contributed by atoms with E-state index in [1.54, 1.807) is 0 Å². The van der Waals surface area contributed by atoms with Gasteiger partial charge in [0.05, 0.1) is 18.3 Å². The first-order valence-corrected chi connectivity index (χ1v) is 6.91. The van der Waals surface area contributed by atoms with Crippen molar-refractivity contribution in [2.24, 2.45) is 0 Å². The van der Waals surface area contributed by atoms with Crippen LogP contribution in [0.3, 0.4) is 0 Å². The average molecular weight is 238 g/mol. The Hall–Kier alpha value is -0.450. The molecule has 88 valence electrons. The summed E-state index contributed by atoms with van der Waals surface area (Å²) in [7, 11) is 0. The monoisotopic (exact) mass is 238 g/mol. The minimum absolute atomic E-state index is 0.00945. The molecule has 4 heteroatoms. The number of fused-ring (bicyclic) bond motifs is 1. The highest BCUT2D eigenvalue weighted by atomic mass is 32.1. The highest BCUT2D eigenvalue weighted by Crippen LogP contribution is 2.38. The van der Waals surface area contributed by atoms with E-state index in [0.717, 1.165) is 19.3 Å². The standard InChI is InChI=1S/C12H18N2OS/c1-8(14-12(7-15)5-6-12)11-13-9-3-2-4-10(9)16-11/h8,14-15H,2-7H2,1H3. The minimum Gasteiger partial charge on any atom is -0.394 e. The number of rotatable bonds is 4. The molecule has 1 fully saturated rings. The molecule has 1 atom stereocenters. The van der Waals surface area contributed by atoms with Gasteiger partial charge < -0.3 is 10.4 Å². The van der Waals surface area contributed by atoms with E-state index in [2.05, 4.69) is 12.2 Å². The Kier molecular flexibility index (Phi) is 2.53. The fourth-order valence-electron chi connectivity index (χ4n) is 2.42. The highest BCUT2D eigenvalue weighted by molar-refractivity contribution is 7.11. The fraction of sp³-hybridized carbons (Fsp3) is 0.750. The highest BCUT2D eigenvalue weighted by Gasteiger charge is 2.43. The smallest absolute Gasteiger partial charge is 0.110 e. The number of aliphatic hydroxyl groups is 1. The lowest BCUT2D eigenvalue weighted by Gasteiger charge is -2.19. The van der Waals surface area contributed by atoms with Gasteiger partial charge in [0.1, 0.15) is 5.01 Å². The Bertz CT molecular complexity index is 376. The first kappa shape index (κ1) is 10.7. The summed E-state index contributed by atoms with van der Waals surface area (Å²) in [6.07, 6.45) is 5.84. The molecule has 1 heterocycles. The second kappa shape index (κ2) is 3.79. The molecular weight excluding hydrogens is 220 g/mol. The van der Waals surface area contributed by atoms with E-state index in [1.165, 1.54) is 28.4 Å². The lowest BCUT2D eigenvalue weighted by atomic mass is 10.2. The van der Waals surface area contributed by atoms with Gasteiger partial charge in [0.2, 0.25) is 0 Å². The van der Waals surface area contributed by atoms with Gasteiger partial charge in [-0.2, -0.15) is 0 Å². The zero-order valence-electron chi connectivity index (χ0n) is 9.62. The molecule has 2 aliphatic rings. The molecule has 0 spiro atoms. The summed E-state index contributed by atoms with van der Waals surface area (Å²) >= 11 is 1.85. The van der Waals surface area contributed by atoms with E-state index in [4.69, 9.17) is 4.98 Å². The second-order valence-electron chi connectivity index (χ2n) is 5.08. The normalized spacial score (nSPS) is 23.1. The van der Waals surface area contributed by atoms with Crippen molar-refractivity contribution in [3.05, 3.63) is 15.6 Å². The quantitative estimate of drug-likeness (QED) is 0.841. The molecule has 0 aromatic carbocycles. The number of hydrogen-bond acceptors (Lipinski definition) is 4. The van der Waals surface area contributed by atoms with E-state index in [1.807, 2.05) is 11.3 Å². The van der Waals surface area contributed by atoms with Crippen LogP contribution in [0.4, 0.5) is 0 Å². The van der Waals surface area contributed by atoms with Crippen LogP contribution in [0.2, 0.25) is 0 Å². The first-order valence-electron chi connectivity index (χ1n) is 6.09. The Balaban J connectivity index is 1.71. The molecule has 3 rings (SSSR count). The van der Waals surface area contributed by atoms with Crippen LogP contribution in [0, 0.1) is 0 Å². The van der Waals surface area contributed by atoms with E-state index in [-0.39, 0.29) is 18.2 Å². The molecule has 1 aromatic heterocycles. The maximum atomic E-state index is 9.29. The number of hydrogen-bond donors (Lipinski definition) is 2. The van der Waals surface area contributed by atoms with Gasteiger partial charge in [0.15, 0.2) is 0 Å². The van der Waals surface area contributed by atoms with Crippen molar-refractivity contribution in [1.29, 1.82) is 0 Å². The lowest BCUT2D eigenvalue weighted by molar-refractivity contribution is 0.221. The number of nitrogens with zero attached hydrogens (tertiary/aromatic N) is 1. The molecule has 0 radical (unpaired) electrons. The van der Waals surface area contributed by atoms with Crippen molar-refractivity contribution in [3.8, 4) is 0 Å². The summed E-state index contributed by atoms with van der Waals surface area (Å²) < 4.78 is 0. The minimum atomic E-state index is 0.00945. The van der Waals surface area contributed by atoms with E-state index in [0.29, 0.717) is 0 Å². The van der Waals surface area contributed by atoms with Crippen LogP contribution in [0.25, 0.3) is 0 Å². The number of nitrogens with one attached hydrogen (secondary N) is 1. The molecule has 0 saturated heterocycles. The van der Waals surface area contributed by atoms with Crippen LogP contribution in [-0.4, -0.2) is 22.2 Å². The van der Waals surface area contributed by atoms with Crippen LogP contribution in [-0.2, 0) is 12.8 Å². The van der Waals surface area contributed by atoms with Crippen LogP contribution in [0.1, 0.15) is 47.8 Å². The zero-order valence-corrected chi connectivity index (χ0v) is 10.4. The van der Waals surface area contributed by atoms with Gasteiger partial charge in [0.25, 0.3) is 0 Å². The summed E-state index contributed by atoms with van der Waals surface area (Å²) in [5.74, 6) is 0. The topological polar surface area (TPSA) is 45.1 Å². The zero-order chi connectivity index (χ0) is 11.2. The largest absolute Gasteiger partial charge is 0.394 e. The van der Waals surface area contributed by atoms with Gasteiger partial charge >= 0.3 is 0 Å². The molecule has 3 nitrogen and oxygen atoms in total. The second-order valence-corrected chi connectivity index (χ2v) is 6.20. The van der Waals surface area contributed by atoms with Gasteiger partial charge in [-0.05, 0) is 39.0 Å². The molecule has 1 aromatic rings. The van der Waals surface area contributed by atoms with Crippen molar-refractivity contribution in [1.82, 2.24) is 10.3 Å². The number of aromatic nitrogens is 1. The Morgan fingerprint density at radius 2 is 2.31 bits per heavy atom. The molecule has 0 amide bonds. The predicted octanol–water partition coefficient (Wildman–Crippen LogP) is 1.81. The van der Waals surface area contributed by atoms with Crippen molar-refractivity contribution >= 4 is 11.3 Å². The summed E-state index contributed by atoms with van der Waals surface area (Å²) in [5.41, 5.74) is 1.33. The van der Waals surface area contributed by atoms with Crippen molar-refractivity contribution in [3.63, 3.8) is 0 Å².